The van der Waals surface area contributed by atoms with Crippen LogP contribution in [0.25, 0.3) is 0 Å². The van der Waals surface area contributed by atoms with Crippen molar-refractivity contribution >= 4 is 15.9 Å². The predicted octanol–water partition coefficient (Wildman–Crippen LogP) is 2.87. The molecule has 2 rings (SSSR count). The number of methoxy groups -OCH3 is 1. The Morgan fingerprint density at radius 1 is 1.50 bits per heavy atom. The summed E-state index contributed by atoms with van der Waals surface area (Å²) >= 11 is 3.42. The molecule has 1 aromatic carbocycles. The van der Waals surface area contributed by atoms with Crippen molar-refractivity contribution in [2.75, 3.05) is 7.11 Å². The van der Waals surface area contributed by atoms with Crippen molar-refractivity contribution < 1.29 is 4.74 Å². The maximum Gasteiger partial charge on any atom is 0.124 e. The van der Waals surface area contributed by atoms with Crippen molar-refractivity contribution in [3.05, 3.63) is 28.2 Å². The maximum absolute atomic E-state index is 6.13. The topological polar surface area (TPSA) is 35.2 Å². The molecule has 0 aliphatic heterocycles. The minimum absolute atomic E-state index is 0.137. The van der Waals surface area contributed by atoms with Crippen LogP contribution in [0.4, 0.5) is 0 Å². The smallest absolute Gasteiger partial charge is 0.124 e. The first-order valence-electron chi connectivity index (χ1n) is 4.81. The van der Waals surface area contributed by atoms with E-state index in [1.165, 1.54) is 12.8 Å². The SMILES string of the molecule is COc1cc(Br)ccc1[C@@H](N)C1CC1. The molecule has 1 aromatic rings. The van der Waals surface area contributed by atoms with E-state index in [-0.39, 0.29) is 6.04 Å². The third-order valence-corrected chi connectivity index (χ3v) is 3.18. The molecule has 0 amide bonds. The molecule has 1 aliphatic carbocycles. The predicted molar refractivity (Wildman–Crippen MR) is 60.3 cm³/mol. The van der Waals surface area contributed by atoms with Gasteiger partial charge in [-0.25, -0.2) is 0 Å². The minimum Gasteiger partial charge on any atom is -0.496 e. The highest BCUT2D eigenvalue weighted by atomic mass is 79.9. The van der Waals surface area contributed by atoms with E-state index >= 15 is 0 Å². The second kappa shape index (κ2) is 3.91. The second-order valence-corrected chi connectivity index (χ2v) is 4.67. The lowest BCUT2D eigenvalue weighted by Crippen LogP contribution is -2.13. The largest absolute Gasteiger partial charge is 0.496 e. The summed E-state index contributed by atoms with van der Waals surface area (Å²) in [6.07, 6.45) is 2.50. The van der Waals surface area contributed by atoms with Crippen LogP contribution in [0.5, 0.6) is 5.75 Å². The van der Waals surface area contributed by atoms with Crippen LogP contribution in [-0.4, -0.2) is 7.11 Å². The summed E-state index contributed by atoms with van der Waals surface area (Å²) in [4.78, 5) is 0. The van der Waals surface area contributed by atoms with Crippen LogP contribution in [-0.2, 0) is 0 Å². The van der Waals surface area contributed by atoms with Gasteiger partial charge in [0.15, 0.2) is 0 Å². The van der Waals surface area contributed by atoms with Gasteiger partial charge in [-0.15, -0.1) is 0 Å². The number of benzene rings is 1. The van der Waals surface area contributed by atoms with E-state index in [2.05, 4.69) is 15.9 Å². The van der Waals surface area contributed by atoms with E-state index in [0.717, 1.165) is 15.8 Å². The molecule has 2 N–H and O–H groups in total. The highest BCUT2D eigenvalue weighted by Gasteiger charge is 2.31. The van der Waals surface area contributed by atoms with Crippen molar-refractivity contribution in [1.29, 1.82) is 0 Å². The molecule has 0 heterocycles. The van der Waals surface area contributed by atoms with E-state index in [4.69, 9.17) is 10.5 Å². The molecule has 1 atom stereocenters. The summed E-state index contributed by atoms with van der Waals surface area (Å²) in [6.45, 7) is 0. The monoisotopic (exact) mass is 255 g/mol. The molecule has 0 saturated heterocycles. The highest BCUT2D eigenvalue weighted by molar-refractivity contribution is 9.10. The number of ether oxygens (including phenoxy) is 1. The normalized spacial score (nSPS) is 17.9. The Hall–Kier alpha value is -0.540. The van der Waals surface area contributed by atoms with Gasteiger partial charge in [0.05, 0.1) is 7.11 Å². The van der Waals surface area contributed by atoms with Gasteiger partial charge in [-0.1, -0.05) is 22.0 Å². The van der Waals surface area contributed by atoms with E-state index in [9.17, 15) is 0 Å². The summed E-state index contributed by atoms with van der Waals surface area (Å²) in [5, 5.41) is 0. The summed E-state index contributed by atoms with van der Waals surface area (Å²) in [5.41, 5.74) is 7.25. The number of hydrogen-bond donors (Lipinski definition) is 1. The van der Waals surface area contributed by atoms with Crippen LogP contribution in [0.1, 0.15) is 24.4 Å². The maximum atomic E-state index is 6.13. The molecule has 1 fully saturated rings. The van der Waals surface area contributed by atoms with Crippen molar-refractivity contribution in [2.45, 2.75) is 18.9 Å². The van der Waals surface area contributed by atoms with Gasteiger partial charge in [-0.05, 0) is 30.9 Å². The Morgan fingerprint density at radius 2 is 2.21 bits per heavy atom. The van der Waals surface area contributed by atoms with E-state index < -0.39 is 0 Å². The fourth-order valence-electron chi connectivity index (χ4n) is 1.67. The van der Waals surface area contributed by atoms with Crippen molar-refractivity contribution in [2.24, 2.45) is 11.7 Å². The summed E-state index contributed by atoms with van der Waals surface area (Å²) in [6, 6.07) is 6.17. The van der Waals surface area contributed by atoms with E-state index in [1.54, 1.807) is 7.11 Å². The van der Waals surface area contributed by atoms with Crippen LogP contribution in [0.3, 0.4) is 0 Å². The molecular formula is C11H14BrNO. The molecule has 0 radical (unpaired) electrons. The molecule has 14 heavy (non-hydrogen) atoms. The van der Waals surface area contributed by atoms with Gasteiger partial charge in [0.25, 0.3) is 0 Å². The van der Waals surface area contributed by atoms with Gasteiger partial charge in [0.2, 0.25) is 0 Å². The fourth-order valence-corrected chi connectivity index (χ4v) is 2.01. The standard InChI is InChI=1S/C11H14BrNO/c1-14-10-6-8(12)4-5-9(10)11(13)7-2-3-7/h4-7,11H,2-3,13H2,1H3/t11-/m0/s1. The molecular weight excluding hydrogens is 242 g/mol. The van der Waals surface area contributed by atoms with E-state index in [1.807, 2.05) is 18.2 Å². The molecule has 76 valence electrons. The molecule has 2 nitrogen and oxygen atoms in total. The molecule has 1 aliphatic rings. The average Bonchev–Trinajstić information content (AvgIpc) is 3.00. The van der Waals surface area contributed by atoms with Crippen LogP contribution >= 0.6 is 15.9 Å². The van der Waals surface area contributed by atoms with Crippen LogP contribution in [0.2, 0.25) is 0 Å². The summed E-state index contributed by atoms with van der Waals surface area (Å²) < 4.78 is 6.34. The van der Waals surface area contributed by atoms with E-state index in [0.29, 0.717) is 5.92 Å². The molecule has 3 heteroatoms. The quantitative estimate of drug-likeness (QED) is 0.902. The van der Waals surface area contributed by atoms with Gasteiger partial charge >= 0.3 is 0 Å². The van der Waals surface area contributed by atoms with Crippen molar-refractivity contribution in [1.82, 2.24) is 0 Å². The van der Waals surface area contributed by atoms with Gasteiger partial charge in [-0.3, -0.25) is 0 Å². The second-order valence-electron chi connectivity index (χ2n) is 3.75. The third kappa shape index (κ3) is 1.93. The summed E-state index contributed by atoms with van der Waals surface area (Å²) in [5.74, 6) is 1.55. The lowest BCUT2D eigenvalue weighted by molar-refractivity contribution is 0.402. The van der Waals surface area contributed by atoms with Gasteiger partial charge in [0, 0.05) is 16.1 Å². The number of nitrogens with two attached hydrogens (primary N) is 1. The van der Waals surface area contributed by atoms with Crippen molar-refractivity contribution in [3.63, 3.8) is 0 Å². The zero-order chi connectivity index (χ0) is 10.1. The van der Waals surface area contributed by atoms with Crippen LogP contribution in [0, 0.1) is 5.92 Å². The Balaban J connectivity index is 2.30. The molecule has 0 aromatic heterocycles. The highest BCUT2D eigenvalue weighted by Crippen LogP contribution is 2.42. The summed E-state index contributed by atoms with van der Waals surface area (Å²) in [7, 11) is 1.69. The van der Waals surface area contributed by atoms with Crippen LogP contribution < -0.4 is 10.5 Å². The first kappa shape index (κ1) is 9.99. The minimum atomic E-state index is 0.137. The van der Waals surface area contributed by atoms with Gasteiger partial charge < -0.3 is 10.5 Å². The molecule has 0 unspecified atom stereocenters. The number of rotatable bonds is 3. The number of halogens is 1. The van der Waals surface area contributed by atoms with Gasteiger partial charge in [0.1, 0.15) is 5.75 Å². The fraction of sp³-hybridized carbons (Fsp3) is 0.455. The van der Waals surface area contributed by atoms with Gasteiger partial charge in [-0.2, -0.15) is 0 Å². The lowest BCUT2D eigenvalue weighted by atomic mass is 10.0. The zero-order valence-electron chi connectivity index (χ0n) is 8.16. The average molecular weight is 256 g/mol. The Kier molecular flexibility index (Phi) is 2.79. The molecule has 1 saturated carbocycles. The Bertz CT molecular complexity index is 336. The molecule has 0 bridgehead atoms. The first-order valence-corrected chi connectivity index (χ1v) is 5.60. The van der Waals surface area contributed by atoms with Crippen LogP contribution in [0.15, 0.2) is 22.7 Å². The Morgan fingerprint density at radius 3 is 2.79 bits per heavy atom. The zero-order valence-corrected chi connectivity index (χ0v) is 9.75. The molecule has 0 spiro atoms. The van der Waals surface area contributed by atoms with Crippen molar-refractivity contribution in [3.8, 4) is 5.75 Å². The Labute approximate surface area is 92.6 Å². The lowest BCUT2D eigenvalue weighted by Gasteiger charge is -2.15. The first-order chi connectivity index (χ1) is 6.72. The number of hydrogen-bond acceptors (Lipinski definition) is 2. The third-order valence-electron chi connectivity index (χ3n) is 2.68.